The molecule has 3 atom stereocenters. The third-order valence-electron chi connectivity index (χ3n) is 3.31. The second-order valence-corrected chi connectivity index (χ2v) is 4.83. The molecular weight excluding hydrogens is 228 g/mol. The quantitative estimate of drug-likeness (QED) is 0.784. The molecule has 2 N–H and O–H groups in total. The van der Waals surface area contributed by atoms with Crippen molar-refractivity contribution in [2.45, 2.75) is 51.2 Å². The van der Waals surface area contributed by atoms with Crippen LogP contribution in [0.25, 0.3) is 0 Å². The van der Waals surface area contributed by atoms with Gasteiger partial charge in [-0.15, -0.1) is 0 Å². The first-order valence-corrected chi connectivity index (χ1v) is 6.58. The third-order valence-corrected chi connectivity index (χ3v) is 3.31. The van der Waals surface area contributed by atoms with Crippen molar-refractivity contribution in [2.24, 2.45) is 0 Å². The Hall–Kier alpha value is -1.06. The van der Waals surface area contributed by atoms with Gasteiger partial charge >= 0.3 is 0 Å². The summed E-state index contributed by atoms with van der Waals surface area (Å²) in [5, 5.41) is 19.6. The second-order valence-electron chi connectivity index (χ2n) is 4.83. The Morgan fingerprint density at radius 3 is 2.22 bits per heavy atom. The molecule has 0 aromatic heterocycles. The van der Waals surface area contributed by atoms with Crippen LogP contribution in [0.1, 0.15) is 44.6 Å². The van der Waals surface area contributed by atoms with Crippen LogP contribution in [0.2, 0.25) is 0 Å². The van der Waals surface area contributed by atoms with Gasteiger partial charge in [0, 0.05) is 0 Å². The molecule has 0 saturated heterocycles. The molecule has 3 heteroatoms. The van der Waals surface area contributed by atoms with Crippen molar-refractivity contribution in [1.82, 2.24) is 0 Å². The zero-order chi connectivity index (χ0) is 13.5. The molecule has 3 nitrogen and oxygen atoms in total. The Bertz CT molecular complexity index is 334. The molecule has 0 aliphatic carbocycles. The molecule has 0 bridgehead atoms. The van der Waals surface area contributed by atoms with E-state index in [1.807, 2.05) is 31.2 Å². The molecule has 18 heavy (non-hydrogen) atoms. The standard InChI is InChI=1S/C15H24O3/c1-4-5-14(16)15(17)10-11(2)12-6-8-13(18-3)9-7-12/h6-9,11,14-17H,4-5,10H2,1-3H3. The molecule has 0 heterocycles. The van der Waals surface area contributed by atoms with Crippen LogP contribution in [0.5, 0.6) is 5.75 Å². The number of aliphatic hydroxyl groups excluding tert-OH is 2. The van der Waals surface area contributed by atoms with E-state index in [0.29, 0.717) is 12.8 Å². The van der Waals surface area contributed by atoms with Gasteiger partial charge in [0.25, 0.3) is 0 Å². The Kier molecular flexibility index (Phi) is 6.16. The zero-order valence-corrected chi connectivity index (χ0v) is 11.5. The summed E-state index contributed by atoms with van der Waals surface area (Å²) in [6.45, 7) is 4.06. The average molecular weight is 252 g/mol. The van der Waals surface area contributed by atoms with Crippen LogP contribution in [0.3, 0.4) is 0 Å². The molecule has 1 rings (SSSR count). The molecule has 102 valence electrons. The minimum Gasteiger partial charge on any atom is -0.497 e. The van der Waals surface area contributed by atoms with E-state index in [9.17, 15) is 10.2 Å². The second kappa shape index (κ2) is 7.39. The first kappa shape index (κ1) is 15.0. The largest absolute Gasteiger partial charge is 0.497 e. The zero-order valence-electron chi connectivity index (χ0n) is 11.5. The first-order valence-electron chi connectivity index (χ1n) is 6.58. The van der Waals surface area contributed by atoms with Gasteiger partial charge in [0.05, 0.1) is 19.3 Å². The molecular formula is C15H24O3. The number of aliphatic hydroxyl groups is 2. The van der Waals surface area contributed by atoms with Crippen LogP contribution in [0.4, 0.5) is 0 Å². The number of hydrogen-bond donors (Lipinski definition) is 2. The Morgan fingerprint density at radius 2 is 1.72 bits per heavy atom. The molecule has 0 saturated carbocycles. The van der Waals surface area contributed by atoms with Gasteiger partial charge in [-0.3, -0.25) is 0 Å². The van der Waals surface area contributed by atoms with Crippen LogP contribution < -0.4 is 4.74 Å². The molecule has 3 unspecified atom stereocenters. The summed E-state index contributed by atoms with van der Waals surface area (Å²) in [5.74, 6) is 1.05. The van der Waals surface area contributed by atoms with E-state index in [-0.39, 0.29) is 5.92 Å². The Morgan fingerprint density at radius 1 is 1.11 bits per heavy atom. The fraction of sp³-hybridized carbons (Fsp3) is 0.600. The minimum atomic E-state index is -0.651. The van der Waals surface area contributed by atoms with E-state index in [2.05, 4.69) is 6.92 Å². The van der Waals surface area contributed by atoms with E-state index in [4.69, 9.17) is 4.74 Å². The Balaban J connectivity index is 2.55. The van der Waals surface area contributed by atoms with Crippen molar-refractivity contribution in [1.29, 1.82) is 0 Å². The highest BCUT2D eigenvalue weighted by Gasteiger charge is 2.19. The van der Waals surface area contributed by atoms with E-state index >= 15 is 0 Å². The van der Waals surface area contributed by atoms with Gasteiger partial charge in [0.1, 0.15) is 5.75 Å². The fourth-order valence-corrected chi connectivity index (χ4v) is 2.08. The van der Waals surface area contributed by atoms with Crippen LogP contribution in [0.15, 0.2) is 24.3 Å². The summed E-state index contributed by atoms with van der Waals surface area (Å²) in [5.41, 5.74) is 1.15. The summed E-state index contributed by atoms with van der Waals surface area (Å²) in [7, 11) is 1.64. The van der Waals surface area contributed by atoms with E-state index < -0.39 is 12.2 Å². The van der Waals surface area contributed by atoms with E-state index in [1.54, 1.807) is 7.11 Å². The lowest BCUT2D eigenvalue weighted by atomic mass is 9.92. The topological polar surface area (TPSA) is 49.7 Å². The highest BCUT2D eigenvalue weighted by atomic mass is 16.5. The molecule has 0 spiro atoms. The van der Waals surface area contributed by atoms with Gasteiger partial charge in [0.2, 0.25) is 0 Å². The average Bonchev–Trinajstić information content (AvgIpc) is 2.39. The number of ether oxygens (including phenoxy) is 1. The molecule has 0 aliphatic heterocycles. The summed E-state index contributed by atoms with van der Waals surface area (Å²) in [6.07, 6.45) is 0.844. The maximum Gasteiger partial charge on any atom is 0.118 e. The van der Waals surface area contributed by atoms with Crippen molar-refractivity contribution >= 4 is 0 Å². The smallest absolute Gasteiger partial charge is 0.118 e. The van der Waals surface area contributed by atoms with Crippen molar-refractivity contribution in [3.8, 4) is 5.75 Å². The molecule has 0 aliphatic rings. The summed E-state index contributed by atoms with van der Waals surface area (Å²) >= 11 is 0. The lowest BCUT2D eigenvalue weighted by Crippen LogP contribution is -2.27. The van der Waals surface area contributed by atoms with Crippen LogP contribution >= 0.6 is 0 Å². The Labute approximate surface area is 109 Å². The van der Waals surface area contributed by atoms with Crippen molar-refractivity contribution in [3.05, 3.63) is 29.8 Å². The monoisotopic (exact) mass is 252 g/mol. The van der Waals surface area contributed by atoms with E-state index in [0.717, 1.165) is 17.7 Å². The van der Waals surface area contributed by atoms with Gasteiger partial charge in [-0.2, -0.15) is 0 Å². The maximum absolute atomic E-state index is 9.91. The highest BCUT2D eigenvalue weighted by molar-refractivity contribution is 5.29. The van der Waals surface area contributed by atoms with Crippen molar-refractivity contribution in [3.63, 3.8) is 0 Å². The van der Waals surface area contributed by atoms with Gasteiger partial charge in [-0.05, 0) is 36.5 Å². The number of rotatable bonds is 7. The molecule has 0 amide bonds. The predicted molar refractivity (Wildman–Crippen MR) is 72.9 cm³/mol. The summed E-state index contributed by atoms with van der Waals surface area (Å²) in [6, 6.07) is 7.84. The SMILES string of the molecule is CCCC(O)C(O)CC(C)c1ccc(OC)cc1. The number of hydrogen-bond acceptors (Lipinski definition) is 3. The molecule has 1 aromatic rings. The summed E-state index contributed by atoms with van der Waals surface area (Å²) < 4.78 is 5.11. The molecule has 0 radical (unpaired) electrons. The molecule has 1 aromatic carbocycles. The van der Waals surface area contributed by atoms with Crippen molar-refractivity contribution < 1.29 is 14.9 Å². The lowest BCUT2D eigenvalue weighted by molar-refractivity contribution is 0.00637. The van der Waals surface area contributed by atoms with Crippen LogP contribution in [-0.4, -0.2) is 29.5 Å². The lowest BCUT2D eigenvalue weighted by Gasteiger charge is -2.21. The van der Waals surface area contributed by atoms with Gasteiger partial charge in [-0.1, -0.05) is 32.4 Å². The van der Waals surface area contributed by atoms with Crippen molar-refractivity contribution in [2.75, 3.05) is 7.11 Å². The highest BCUT2D eigenvalue weighted by Crippen LogP contribution is 2.24. The van der Waals surface area contributed by atoms with Crippen LogP contribution in [-0.2, 0) is 0 Å². The normalized spacial score (nSPS) is 16.1. The maximum atomic E-state index is 9.91. The molecule has 0 fully saturated rings. The van der Waals surface area contributed by atoms with Gasteiger partial charge < -0.3 is 14.9 Å². The van der Waals surface area contributed by atoms with Gasteiger partial charge in [-0.25, -0.2) is 0 Å². The fourth-order valence-electron chi connectivity index (χ4n) is 2.08. The summed E-state index contributed by atoms with van der Waals surface area (Å²) in [4.78, 5) is 0. The number of benzene rings is 1. The number of methoxy groups -OCH3 is 1. The van der Waals surface area contributed by atoms with Crippen LogP contribution in [0, 0.1) is 0 Å². The van der Waals surface area contributed by atoms with Gasteiger partial charge in [0.15, 0.2) is 0 Å². The minimum absolute atomic E-state index is 0.220. The van der Waals surface area contributed by atoms with E-state index in [1.165, 1.54) is 0 Å². The predicted octanol–water partition coefficient (Wildman–Crippen LogP) is 2.71. The first-order chi connectivity index (χ1) is 8.58. The third kappa shape index (κ3) is 4.31.